The van der Waals surface area contributed by atoms with Crippen LogP contribution in [0.4, 0.5) is 10.2 Å². The Labute approximate surface area is 206 Å². The number of nitrogens with zero attached hydrogens (tertiary/aromatic N) is 6. The molecule has 1 saturated heterocycles. The molecular formula is C27H35FN6O. The summed E-state index contributed by atoms with van der Waals surface area (Å²) < 4.78 is 15.4. The molecule has 2 aliphatic rings. The third-order valence-corrected chi connectivity index (χ3v) is 7.45. The van der Waals surface area contributed by atoms with Crippen molar-refractivity contribution in [1.29, 1.82) is 0 Å². The number of hydrogen-bond acceptors (Lipinski definition) is 5. The van der Waals surface area contributed by atoms with Crippen LogP contribution < -0.4 is 4.90 Å². The summed E-state index contributed by atoms with van der Waals surface area (Å²) in [5, 5.41) is 5.76. The molecule has 0 N–H and O–H groups in total. The summed E-state index contributed by atoms with van der Waals surface area (Å²) in [4.78, 5) is 26.8. The maximum absolute atomic E-state index is 13.6. The Morgan fingerprint density at radius 2 is 1.77 bits per heavy atom. The highest BCUT2D eigenvalue weighted by atomic mass is 19.1. The summed E-state index contributed by atoms with van der Waals surface area (Å²) in [6.07, 6.45) is 8.63. The van der Waals surface area contributed by atoms with Gasteiger partial charge in [-0.15, -0.1) is 0 Å². The van der Waals surface area contributed by atoms with Crippen LogP contribution in [0.5, 0.6) is 0 Å². The van der Waals surface area contributed by atoms with Crippen LogP contribution in [0.25, 0.3) is 16.7 Å². The lowest BCUT2D eigenvalue weighted by Gasteiger charge is -2.25. The van der Waals surface area contributed by atoms with Gasteiger partial charge in [-0.1, -0.05) is 39.0 Å². The van der Waals surface area contributed by atoms with Crippen LogP contribution in [0.3, 0.4) is 0 Å². The molecule has 1 amide bonds. The van der Waals surface area contributed by atoms with Crippen LogP contribution >= 0.6 is 0 Å². The van der Waals surface area contributed by atoms with E-state index in [9.17, 15) is 9.18 Å². The fraction of sp³-hybridized carbons (Fsp3) is 0.556. The zero-order chi connectivity index (χ0) is 24.4. The van der Waals surface area contributed by atoms with E-state index in [4.69, 9.17) is 15.1 Å². The van der Waals surface area contributed by atoms with Crippen LogP contribution in [0.15, 0.2) is 24.3 Å². The highest BCUT2D eigenvalue weighted by Gasteiger charge is 2.25. The second-order valence-electron chi connectivity index (χ2n) is 9.92. The summed E-state index contributed by atoms with van der Waals surface area (Å²) in [7, 11) is 0. The lowest BCUT2D eigenvalue weighted by molar-refractivity contribution is -0.130. The second-order valence-corrected chi connectivity index (χ2v) is 9.92. The van der Waals surface area contributed by atoms with Gasteiger partial charge in [0.2, 0.25) is 5.91 Å². The molecule has 186 valence electrons. The molecule has 0 unspecified atom stereocenters. The number of hydrogen-bond donors (Lipinski definition) is 0. The highest BCUT2D eigenvalue weighted by Crippen LogP contribution is 2.32. The number of aryl methyl sites for hydroxylation is 1. The monoisotopic (exact) mass is 478 g/mol. The van der Waals surface area contributed by atoms with Crippen molar-refractivity contribution in [3.63, 3.8) is 0 Å². The van der Waals surface area contributed by atoms with Crippen LogP contribution in [0.2, 0.25) is 0 Å². The molecule has 0 bridgehead atoms. The predicted octanol–water partition coefficient (Wildman–Crippen LogP) is 4.83. The fourth-order valence-electron chi connectivity index (χ4n) is 5.54. The van der Waals surface area contributed by atoms with Crippen LogP contribution in [-0.4, -0.2) is 56.7 Å². The molecule has 0 spiro atoms. The molecule has 1 saturated carbocycles. The SMILES string of the molecule is CCC(=O)N1CCCN(c2nc(CC3CCCCC3)nc3c2c(C)nn3-c2ccc(F)cc2)CC1. The number of carbonyl (C=O) groups is 1. The van der Waals surface area contributed by atoms with E-state index in [0.29, 0.717) is 18.9 Å². The Morgan fingerprint density at radius 3 is 2.51 bits per heavy atom. The maximum atomic E-state index is 13.6. The van der Waals surface area contributed by atoms with E-state index in [1.54, 1.807) is 12.1 Å². The molecule has 1 aliphatic carbocycles. The van der Waals surface area contributed by atoms with Crippen molar-refractivity contribution in [3.05, 3.63) is 41.6 Å². The van der Waals surface area contributed by atoms with Gasteiger partial charge in [-0.25, -0.2) is 19.0 Å². The van der Waals surface area contributed by atoms with Crippen molar-refractivity contribution in [3.8, 4) is 5.69 Å². The molecule has 0 atom stereocenters. The Balaban J connectivity index is 1.57. The third-order valence-electron chi connectivity index (χ3n) is 7.45. The first-order valence-corrected chi connectivity index (χ1v) is 13.1. The van der Waals surface area contributed by atoms with Crippen LogP contribution in [0, 0.1) is 18.7 Å². The highest BCUT2D eigenvalue weighted by molar-refractivity contribution is 5.91. The summed E-state index contributed by atoms with van der Waals surface area (Å²) >= 11 is 0. The Kier molecular flexibility index (Phi) is 6.97. The van der Waals surface area contributed by atoms with Crippen molar-refractivity contribution >= 4 is 22.8 Å². The number of anilines is 1. The molecule has 2 aromatic heterocycles. The maximum Gasteiger partial charge on any atom is 0.222 e. The molecule has 3 heterocycles. The van der Waals surface area contributed by atoms with Gasteiger partial charge < -0.3 is 9.80 Å². The molecular weight excluding hydrogens is 443 g/mol. The molecule has 1 aliphatic heterocycles. The lowest BCUT2D eigenvalue weighted by Crippen LogP contribution is -2.35. The number of carbonyl (C=O) groups excluding carboxylic acids is 1. The van der Waals surface area contributed by atoms with E-state index in [1.807, 2.05) is 23.4 Å². The molecule has 0 radical (unpaired) electrons. The normalized spacial score (nSPS) is 17.7. The second kappa shape index (κ2) is 10.3. The molecule has 3 aromatic rings. The zero-order valence-electron chi connectivity index (χ0n) is 20.8. The van der Waals surface area contributed by atoms with Gasteiger partial charge in [-0.3, -0.25) is 4.79 Å². The van der Waals surface area contributed by atoms with Crippen LogP contribution in [0.1, 0.15) is 63.4 Å². The van der Waals surface area contributed by atoms with Gasteiger partial charge in [0.15, 0.2) is 5.65 Å². The van der Waals surface area contributed by atoms with E-state index in [0.717, 1.165) is 66.5 Å². The van der Waals surface area contributed by atoms with Crippen molar-refractivity contribution in [2.45, 2.75) is 65.2 Å². The smallest absolute Gasteiger partial charge is 0.222 e. The summed E-state index contributed by atoms with van der Waals surface area (Å²) in [6, 6.07) is 6.39. The predicted molar refractivity (Wildman–Crippen MR) is 135 cm³/mol. The molecule has 1 aromatic carbocycles. The van der Waals surface area contributed by atoms with Crippen molar-refractivity contribution in [2.24, 2.45) is 5.92 Å². The zero-order valence-corrected chi connectivity index (χ0v) is 20.8. The number of amides is 1. The number of rotatable bonds is 5. The minimum Gasteiger partial charge on any atom is -0.354 e. The first kappa shape index (κ1) is 23.7. The van der Waals surface area contributed by atoms with E-state index in [2.05, 4.69) is 4.90 Å². The number of benzene rings is 1. The van der Waals surface area contributed by atoms with Gasteiger partial charge in [0.25, 0.3) is 0 Å². The fourth-order valence-corrected chi connectivity index (χ4v) is 5.54. The standard InChI is InChI=1S/C27H35FN6O/c1-3-24(35)32-14-7-15-33(17-16-32)26-25-19(2)31-34(22-12-10-21(28)11-13-22)27(25)30-23(29-26)18-20-8-5-4-6-9-20/h10-13,20H,3-9,14-18H2,1-2H3. The first-order chi connectivity index (χ1) is 17.0. The van der Waals surface area contributed by atoms with Crippen molar-refractivity contribution in [1.82, 2.24) is 24.6 Å². The van der Waals surface area contributed by atoms with Crippen molar-refractivity contribution in [2.75, 3.05) is 31.1 Å². The van der Waals surface area contributed by atoms with Gasteiger partial charge in [-0.05, 0) is 43.5 Å². The molecule has 5 rings (SSSR count). The Bertz CT molecular complexity index is 1180. The average molecular weight is 479 g/mol. The minimum atomic E-state index is -0.272. The van der Waals surface area contributed by atoms with Gasteiger partial charge >= 0.3 is 0 Å². The number of aromatic nitrogens is 4. The summed E-state index contributed by atoms with van der Waals surface area (Å²) in [5.74, 6) is 2.31. The molecule has 35 heavy (non-hydrogen) atoms. The first-order valence-electron chi connectivity index (χ1n) is 13.1. The van der Waals surface area contributed by atoms with E-state index < -0.39 is 0 Å². The van der Waals surface area contributed by atoms with Gasteiger partial charge in [0.1, 0.15) is 17.5 Å². The quantitative estimate of drug-likeness (QED) is 0.525. The summed E-state index contributed by atoms with van der Waals surface area (Å²) in [6.45, 7) is 6.96. The van der Waals surface area contributed by atoms with Crippen molar-refractivity contribution < 1.29 is 9.18 Å². The molecule has 7 nitrogen and oxygen atoms in total. The van der Waals surface area contributed by atoms with Gasteiger partial charge in [-0.2, -0.15) is 5.10 Å². The van der Waals surface area contributed by atoms with Gasteiger partial charge in [0.05, 0.1) is 16.8 Å². The third kappa shape index (κ3) is 5.02. The van der Waals surface area contributed by atoms with E-state index in [-0.39, 0.29) is 11.7 Å². The largest absolute Gasteiger partial charge is 0.354 e. The Morgan fingerprint density at radius 1 is 1.00 bits per heavy atom. The van der Waals surface area contributed by atoms with Crippen LogP contribution in [-0.2, 0) is 11.2 Å². The average Bonchev–Trinajstić information content (AvgIpc) is 3.04. The minimum absolute atomic E-state index is 0.206. The number of fused-ring (bicyclic) bond motifs is 1. The number of halogens is 1. The topological polar surface area (TPSA) is 67.2 Å². The molecule has 2 fully saturated rings. The Hall–Kier alpha value is -3.03. The summed E-state index contributed by atoms with van der Waals surface area (Å²) in [5.41, 5.74) is 2.42. The van der Waals surface area contributed by atoms with E-state index in [1.165, 1.54) is 44.2 Å². The van der Waals surface area contributed by atoms with Gasteiger partial charge in [0, 0.05) is 39.0 Å². The molecule has 8 heteroatoms. The van der Waals surface area contributed by atoms with E-state index >= 15 is 0 Å². The lowest BCUT2D eigenvalue weighted by atomic mass is 9.87.